The van der Waals surface area contributed by atoms with Gasteiger partial charge >= 0.3 is 11.9 Å². The highest BCUT2D eigenvalue weighted by Gasteiger charge is 2.69. The van der Waals surface area contributed by atoms with Crippen LogP contribution in [0.2, 0.25) is 0 Å². The van der Waals surface area contributed by atoms with Crippen molar-refractivity contribution in [3.8, 4) is 0 Å². The van der Waals surface area contributed by atoms with Gasteiger partial charge in [-0.1, -0.05) is 6.92 Å². The van der Waals surface area contributed by atoms with Crippen molar-refractivity contribution in [3.63, 3.8) is 0 Å². The van der Waals surface area contributed by atoms with Crippen molar-refractivity contribution in [2.24, 2.45) is 5.41 Å². The normalized spacial score (nSPS) is 37.2. The number of fused-ring (bicyclic) bond motifs is 2. The number of methoxy groups -OCH3 is 1. The molecule has 0 aromatic rings. The van der Waals surface area contributed by atoms with E-state index in [9.17, 15) is 14.7 Å². The number of rotatable bonds is 6. The van der Waals surface area contributed by atoms with Crippen LogP contribution in [0, 0.1) is 5.41 Å². The minimum Gasteiger partial charge on any atom is -0.457 e. The summed E-state index contributed by atoms with van der Waals surface area (Å²) in [6.07, 6.45) is -2.27. The minimum atomic E-state index is -1.49. The predicted octanol–water partition coefficient (Wildman–Crippen LogP) is 1.18. The fourth-order valence-electron chi connectivity index (χ4n) is 3.96. The van der Waals surface area contributed by atoms with Crippen LogP contribution in [0.3, 0.4) is 0 Å². The van der Waals surface area contributed by atoms with E-state index in [1.54, 1.807) is 0 Å². The van der Waals surface area contributed by atoms with Crippen molar-refractivity contribution in [3.05, 3.63) is 0 Å². The summed E-state index contributed by atoms with van der Waals surface area (Å²) in [5, 5.41) is 10.9. The summed E-state index contributed by atoms with van der Waals surface area (Å²) in [5.41, 5.74) is -2.85. The molecule has 0 radical (unpaired) electrons. The molecule has 8 nitrogen and oxygen atoms in total. The SMILES string of the molecule is COCOC[C@]12OC(=O)C[C@](C)([C@@H](OC(C)(C)C)C[C@@H]1O)[C@H]2OC(C)=O. The Bertz CT molecular complexity index is 542. The smallest absolute Gasteiger partial charge is 0.307 e. The fraction of sp³-hybridized carbons (Fsp3) is 0.889. The van der Waals surface area contributed by atoms with Crippen LogP contribution in [0.5, 0.6) is 0 Å². The number of aliphatic hydroxyl groups excluding tert-OH is 1. The van der Waals surface area contributed by atoms with Crippen molar-refractivity contribution in [2.75, 3.05) is 20.5 Å². The monoisotopic (exact) mass is 374 g/mol. The lowest BCUT2D eigenvalue weighted by Gasteiger charge is -2.59. The molecular weight excluding hydrogens is 344 g/mol. The summed E-state index contributed by atoms with van der Waals surface area (Å²) in [4.78, 5) is 24.2. The molecule has 1 heterocycles. The highest BCUT2D eigenvalue weighted by Crippen LogP contribution is 2.53. The Morgan fingerprint density at radius 1 is 1.38 bits per heavy atom. The molecule has 150 valence electrons. The maximum absolute atomic E-state index is 12.4. The fourth-order valence-corrected chi connectivity index (χ4v) is 3.96. The molecule has 0 spiro atoms. The van der Waals surface area contributed by atoms with Gasteiger partial charge in [0.05, 0.1) is 24.7 Å². The topological polar surface area (TPSA) is 101 Å². The van der Waals surface area contributed by atoms with E-state index < -0.39 is 46.9 Å². The molecule has 1 saturated carbocycles. The Hall–Kier alpha value is -1.22. The zero-order valence-corrected chi connectivity index (χ0v) is 16.4. The summed E-state index contributed by atoms with van der Waals surface area (Å²) in [6, 6.07) is 0. The van der Waals surface area contributed by atoms with E-state index >= 15 is 0 Å². The first-order valence-electron chi connectivity index (χ1n) is 8.76. The summed E-state index contributed by atoms with van der Waals surface area (Å²) >= 11 is 0. The van der Waals surface area contributed by atoms with Gasteiger partial charge in [0.15, 0.2) is 11.7 Å². The second kappa shape index (κ2) is 7.42. The quantitative estimate of drug-likeness (QED) is 0.420. The van der Waals surface area contributed by atoms with Crippen molar-refractivity contribution in [1.82, 2.24) is 0 Å². The highest BCUT2D eigenvalue weighted by molar-refractivity contribution is 5.74. The van der Waals surface area contributed by atoms with Gasteiger partial charge < -0.3 is 28.8 Å². The Morgan fingerprint density at radius 3 is 2.58 bits per heavy atom. The second-order valence-corrected chi connectivity index (χ2v) is 8.33. The molecule has 2 bridgehead atoms. The lowest BCUT2D eigenvalue weighted by atomic mass is 9.59. The first kappa shape index (κ1) is 21.1. The van der Waals surface area contributed by atoms with Gasteiger partial charge in [0, 0.05) is 25.9 Å². The molecule has 0 aromatic carbocycles. The third kappa shape index (κ3) is 4.03. The van der Waals surface area contributed by atoms with Gasteiger partial charge in [0.25, 0.3) is 0 Å². The molecule has 1 N–H and O–H groups in total. The minimum absolute atomic E-state index is 0.0183. The van der Waals surface area contributed by atoms with E-state index in [1.807, 2.05) is 27.7 Å². The van der Waals surface area contributed by atoms with Crippen molar-refractivity contribution in [1.29, 1.82) is 0 Å². The van der Waals surface area contributed by atoms with Gasteiger partial charge in [-0.2, -0.15) is 0 Å². The van der Waals surface area contributed by atoms with E-state index in [0.29, 0.717) is 0 Å². The summed E-state index contributed by atoms with van der Waals surface area (Å²) in [6.45, 7) is 8.61. The maximum atomic E-state index is 12.4. The molecule has 5 atom stereocenters. The Kier molecular flexibility index (Phi) is 6.02. The first-order valence-corrected chi connectivity index (χ1v) is 8.76. The zero-order valence-electron chi connectivity index (χ0n) is 16.4. The van der Waals surface area contributed by atoms with Crippen LogP contribution in [0.25, 0.3) is 0 Å². The summed E-state index contributed by atoms with van der Waals surface area (Å²) < 4.78 is 27.6. The van der Waals surface area contributed by atoms with Crippen LogP contribution < -0.4 is 0 Å². The Balaban J connectivity index is 2.46. The molecule has 2 rings (SSSR count). The van der Waals surface area contributed by atoms with Crippen LogP contribution in [0.15, 0.2) is 0 Å². The number of carbonyl (C=O) groups excluding carboxylic acids is 2. The van der Waals surface area contributed by atoms with Crippen LogP contribution >= 0.6 is 0 Å². The average molecular weight is 374 g/mol. The van der Waals surface area contributed by atoms with Gasteiger partial charge in [-0.3, -0.25) is 9.59 Å². The zero-order chi connectivity index (χ0) is 19.8. The Morgan fingerprint density at radius 2 is 2.04 bits per heavy atom. The molecule has 2 aliphatic rings. The predicted molar refractivity (Wildman–Crippen MR) is 90.2 cm³/mol. The maximum Gasteiger partial charge on any atom is 0.307 e. The van der Waals surface area contributed by atoms with Gasteiger partial charge in [-0.15, -0.1) is 0 Å². The second-order valence-electron chi connectivity index (χ2n) is 8.33. The summed E-state index contributed by atoms with van der Waals surface area (Å²) in [5.74, 6) is -1.02. The van der Waals surface area contributed by atoms with Crippen LogP contribution in [-0.2, 0) is 33.3 Å². The molecule has 1 aliphatic heterocycles. The van der Waals surface area contributed by atoms with Crippen molar-refractivity contribution < 1.29 is 38.4 Å². The van der Waals surface area contributed by atoms with E-state index in [2.05, 4.69) is 0 Å². The van der Waals surface area contributed by atoms with Crippen LogP contribution in [0.1, 0.15) is 47.5 Å². The van der Waals surface area contributed by atoms with E-state index in [-0.39, 0.29) is 26.2 Å². The van der Waals surface area contributed by atoms with Gasteiger partial charge in [0.2, 0.25) is 0 Å². The van der Waals surface area contributed by atoms with E-state index in [4.69, 9.17) is 23.7 Å². The van der Waals surface area contributed by atoms with E-state index in [1.165, 1.54) is 14.0 Å². The third-order valence-electron chi connectivity index (χ3n) is 4.92. The molecule has 0 amide bonds. The average Bonchev–Trinajstić information content (AvgIpc) is 2.47. The van der Waals surface area contributed by atoms with Gasteiger partial charge in [-0.25, -0.2) is 0 Å². The van der Waals surface area contributed by atoms with Gasteiger partial charge in [-0.05, 0) is 20.8 Å². The Labute approximate surface area is 154 Å². The molecule has 26 heavy (non-hydrogen) atoms. The van der Waals surface area contributed by atoms with E-state index in [0.717, 1.165) is 0 Å². The number of esters is 2. The first-order chi connectivity index (χ1) is 11.9. The number of ether oxygens (including phenoxy) is 5. The molecule has 1 saturated heterocycles. The van der Waals surface area contributed by atoms with Crippen LogP contribution in [-0.4, -0.2) is 67.1 Å². The van der Waals surface area contributed by atoms with Gasteiger partial charge in [0.1, 0.15) is 12.9 Å². The highest BCUT2D eigenvalue weighted by atomic mass is 16.7. The van der Waals surface area contributed by atoms with Crippen molar-refractivity contribution >= 4 is 11.9 Å². The molecule has 0 aromatic heterocycles. The number of carbonyl (C=O) groups is 2. The summed E-state index contributed by atoms with van der Waals surface area (Å²) in [7, 11) is 1.46. The third-order valence-corrected chi connectivity index (χ3v) is 4.92. The number of hydrogen-bond acceptors (Lipinski definition) is 8. The largest absolute Gasteiger partial charge is 0.457 e. The molecule has 1 aliphatic carbocycles. The molecule has 2 fully saturated rings. The molecular formula is C18H30O8. The molecule has 0 unspecified atom stereocenters. The van der Waals surface area contributed by atoms with Crippen molar-refractivity contribution in [2.45, 2.75) is 77.0 Å². The number of hydrogen-bond donors (Lipinski definition) is 1. The lowest BCUT2D eigenvalue weighted by Crippen LogP contribution is -2.74. The standard InChI is InChI=1S/C18H30O8/c1-11(19)24-15-17(5)8-14(21)26-18(15,9-23-10-22-6)12(20)7-13(17)25-16(2,3)4/h12-13,15,20H,7-10H2,1-6H3/t12-,13-,15+,17+,18-/m0/s1. The number of aliphatic hydroxyl groups is 1. The lowest BCUT2D eigenvalue weighted by molar-refractivity contribution is -0.309. The molecule has 8 heteroatoms. The van der Waals surface area contributed by atoms with Crippen LogP contribution in [0.4, 0.5) is 0 Å².